The number of benzene rings is 1. The Morgan fingerprint density at radius 1 is 1.32 bits per heavy atom. The van der Waals surface area contributed by atoms with Gasteiger partial charge in [-0.1, -0.05) is 12.1 Å². The molecular weight excluding hydrogens is 288 g/mol. The number of nitrogens with zero attached hydrogens (tertiary/aromatic N) is 2. The Kier molecular flexibility index (Phi) is 3.22. The van der Waals surface area contributed by atoms with Crippen molar-refractivity contribution in [3.05, 3.63) is 39.4 Å². The van der Waals surface area contributed by atoms with E-state index in [1.54, 1.807) is 0 Å². The first-order valence-corrected chi connectivity index (χ1v) is 7.54. The topological polar surface area (TPSA) is 83.2 Å². The Labute approximate surface area is 127 Å². The summed E-state index contributed by atoms with van der Waals surface area (Å²) in [5.74, 6) is 0.508. The van der Waals surface area contributed by atoms with E-state index in [0.29, 0.717) is 6.42 Å². The third kappa shape index (κ3) is 2.21. The van der Waals surface area contributed by atoms with Gasteiger partial charge < -0.3 is 19.6 Å². The molecule has 2 bridgehead atoms. The molecule has 1 aromatic carbocycles. The second-order valence-corrected chi connectivity index (χ2v) is 5.82. The van der Waals surface area contributed by atoms with Crippen molar-refractivity contribution in [2.24, 2.45) is 5.16 Å². The molecule has 2 aliphatic heterocycles. The maximum Gasteiger partial charge on any atom is 0.414 e. The normalized spacial score (nSPS) is 26.8. The van der Waals surface area contributed by atoms with E-state index in [0.717, 1.165) is 29.7 Å². The number of oxime groups is 1. The molecule has 7 nitrogen and oxygen atoms in total. The first kappa shape index (κ1) is 13.5. The molecule has 3 aliphatic rings. The van der Waals surface area contributed by atoms with Gasteiger partial charge in [-0.3, -0.25) is 4.84 Å². The largest absolute Gasteiger partial charge is 0.490 e. The molecule has 0 amide bonds. The van der Waals surface area contributed by atoms with E-state index in [4.69, 9.17) is 14.3 Å². The molecule has 1 fully saturated rings. The summed E-state index contributed by atoms with van der Waals surface area (Å²) in [4.78, 5) is 15.6. The fraction of sp³-hybridized carbons (Fsp3) is 0.533. The molecule has 22 heavy (non-hydrogen) atoms. The molecule has 1 aliphatic carbocycles. The average Bonchev–Trinajstić information content (AvgIpc) is 3.01. The molecule has 0 aromatic heterocycles. The van der Waals surface area contributed by atoms with E-state index in [-0.39, 0.29) is 11.9 Å². The molecule has 0 unspecified atom stereocenters. The molecule has 0 N–H and O–H groups in total. The maximum absolute atomic E-state index is 11.0. The summed E-state index contributed by atoms with van der Waals surface area (Å²) in [7, 11) is 0. The summed E-state index contributed by atoms with van der Waals surface area (Å²) < 4.78 is 11.7. The third-order valence-electron chi connectivity index (χ3n) is 4.41. The molecule has 0 spiro atoms. The van der Waals surface area contributed by atoms with Gasteiger partial charge in [0.25, 0.3) is 6.29 Å². The van der Waals surface area contributed by atoms with E-state index >= 15 is 0 Å². The zero-order chi connectivity index (χ0) is 15.1. The van der Waals surface area contributed by atoms with Crippen LogP contribution in [-0.2, 0) is 16.0 Å². The van der Waals surface area contributed by atoms with Crippen molar-refractivity contribution in [2.45, 2.75) is 50.6 Å². The van der Waals surface area contributed by atoms with E-state index in [1.165, 1.54) is 12.8 Å². The van der Waals surface area contributed by atoms with Gasteiger partial charge in [0.15, 0.2) is 11.3 Å². The predicted octanol–water partition coefficient (Wildman–Crippen LogP) is 2.57. The average molecular weight is 304 g/mol. The van der Waals surface area contributed by atoms with Gasteiger partial charge in [-0.05, 0) is 36.7 Å². The Bertz CT molecular complexity index is 639. The Hall–Kier alpha value is -2.15. The molecule has 4 rings (SSSR count). The molecule has 1 aromatic rings. The van der Waals surface area contributed by atoms with Crippen molar-refractivity contribution >= 4 is 5.84 Å². The standard InChI is InChI=1S/C15H16N2O5/c18-17(19)14-13-8-11-10(15(21-13)22-16-14)6-3-7-12(11)20-9-4-1-2-5-9/h3,6-7,9,13,15H,1-2,4-5,8H2/t13-,15-/m1/s1. The lowest BCUT2D eigenvalue weighted by atomic mass is 9.96. The SMILES string of the molecule is O=[N+]([O-])C1=NO[C@H]2O[C@@H]1Cc1c(OC3CCCC3)cccc12. The lowest BCUT2D eigenvalue weighted by molar-refractivity contribution is -0.375. The molecule has 0 radical (unpaired) electrons. The number of amidine groups is 1. The molecule has 7 heteroatoms. The van der Waals surface area contributed by atoms with Crippen molar-refractivity contribution in [2.75, 3.05) is 0 Å². The maximum atomic E-state index is 11.0. The molecule has 0 saturated heterocycles. The van der Waals surface area contributed by atoms with Gasteiger partial charge in [0, 0.05) is 17.5 Å². The van der Waals surface area contributed by atoms with Gasteiger partial charge in [0.2, 0.25) is 0 Å². The summed E-state index contributed by atoms with van der Waals surface area (Å²) in [5.41, 5.74) is 1.78. The van der Waals surface area contributed by atoms with E-state index in [9.17, 15) is 10.1 Å². The fourth-order valence-corrected chi connectivity index (χ4v) is 3.32. The highest BCUT2D eigenvalue weighted by Gasteiger charge is 2.44. The van der Waals surface area contributed by atoms with Crippen molar-refractivity contribution in [1.82, 2.24) is 0 Å². The second kappa shape index (κ2) is 5.24. The highest BCUT2D eigenvalue weighted by molar-refractivity contribution is 5.79. The molecular formula is C15H16N2O5. The zero-order valence-corrected chi connectivity index (χ0v) is 11.9. The van der Waals surface area contributed by atoms with Crippen LogP contribution in [0.3, 0.4) is 0 Å². The van der Waals surface area contributed by atoms with Gasteiger partial charge in [-0.25, -0.2) is 0 Å². The van der Waals surface area contributed by atoms with Crippen LogP contribution >= 0.6 is 0 Å². The summed E-state index contributed by atoms with van der Waals surface area (Å²) in [6.45, 7) is 0. The lowest BCUT2D eigenvalue weighted by Gasteiger charge is -2.31. The first-order valence-electron chi connectivity index (χ1n) is 7.54. The molecule has 116 valence electrons. The smallest absolute Gasteiger partial charge is 0.414 e. The highest BCUT2D eigenvalue weighted by Crippen LogP contribution is 2.40. The van der Waals surface area contributed by atoms with Crippen LogP contribution in [0.2, 0.25) is 0 Å². The van der Waals surface area contributed by atoms with Crippen LogP contribution in [0, 0.1) is 10.1 Å². The van der Waals surface area contributed by atoms with E-state index in [2.05, 4.69) is 5.16 Å². The molecule has 2 atom stereocenters. The summed E-state index contributed by atoms with van der Waals surface area (Å²) >= 11 is 0. The summed E-state index contributed by atoms with van der Waals surface area (Å²) in [5, 5.41) is 14.6. The van der Waals surface area contributed by atoms with Crippen LogP contribution in [-0.4, -0.2) is 23.0 Å². The second-order valence-electron chi connectivity index (χ2n) is 5.82. The summed E-state index contributed by atoms with van der Waals surface area (Å²) in [6, 6.07) is 5.70. The Balaban J connectivity index is 1.66. The summed E-state index contributed by atoms with van der Waals surface area (Å²) in [6.07, 6.45) is 3.75. The van der Waals surface area contributed by atoms with Crippen molar-refractivity contribution in [1.29, 1.82) is 0 Å². The fourth-order valence-electron chi connectivity index (χ4n) is 3.32. The number of hydrogen-bond donors (Lipinski definition) is 0. The minimum absolute atomic E-state index is 0.235. The van der Waals surface area contributed by atoms with Crippen LogP contribution in [0.15, 0.2) is 23.4 Å². The Morgan fingerprint density at radius 3 is 2.91 bits per heavy atom. The van der Waals surface area contributed by atoms with Gasteiger partial charge >= 0.3 is 5.84 Å². The lowest BCUT2D eigenvalue weighted by Crippen LogP contribution is -2.41. The van der Waals surface area contributed by atoms with E-state index < -0.39 is 17.3 Å². The van der Waals surface area contributed by atoms with Crippen molar-refractivity contribution in [3.63, 3.8) is 0 Å². The van der Waals surface area contributed by atoms with Crippen LogP contribution in [0.1, 0.15) is 43.1 Å². The quantitative estimate of drug-likeness (QED) is 0.619. The first-order chi connectivity index (χ1) is 10.7. The van der Waals surface area contributed by atoms with Crippen LogP contribution in [0.25, 0.3) is 0 Å². The van der Waals surface area contributed by atoms with Crippen molar-refractivity contribution in [3.8, 4) is 5.75 Å². The monoisotopic (exact) mass is 304 g/mol. The Morgan fingerprint density at radius 2 is 2.14 bits per heavy atom. The highest BCUT2D eigenvalue weighted by atomic mass is 16.8. The van der Waals surface area contributed by atoms with E-state index in [1.807, 2.05) is 18.2 Å². The minimum Gasteiger partial charge on any atom is -0.490 e. The van der Waals surface area contributed by atoms with Crippen LogP contribution in [0.5, 0.6) is 5.75 Å². The number of nitro groups is 1. The van der Waals surface area contributed by atoms with Crippen LogP contribution < -0.4 is 4.74 Å². The number of ether oxygens (including phenoxy) is 2. The van der Waals surface area contributed by atoms with Gasteiger partial charge in [0.05, 0.1) is 6.10 Å². The number of rotatable bonds is 2. The predicted molar refractivity (Wildman–Crippen MR) is 76.2 cm³/mol. The van der Waals surface area contributed by atoms with Crippen molar-refractivity contribution < 1.29 is 19.2 Å². The minimum atomic E-state index is -0.690. The molecule has 2 heterocycles. The zero-order valence-electron chi connectivity index (χ0n) is 11.9. The van der Waals surface area contributed by atoms with Gasteiger partial charge in [0.1, 0.15) is 5.75 Å². The van der Waals surface area contributed by atoms with Crippen LogP contribution in [0.4, 0.5) is 0 Å². The molecule has 1 saturated carbocycles. The number of hydrogen-bond acceptors (Lipinski definition) is 6. The van der Waals surface area contributed by atoms with Gasteiger partial charge in [-0.2, -0.15) is 0 Å². The third-order valence-corrected chi connectivity index (χ3v) is 4.41. The number of fused-ring (bicyclic) bond motifs is 4. The van der Waals surface area contributed by atoms with Gasteiger partial charge in [-0.15, -0.1) is 0 Å².